The van der Waals surface area contributed by atoms with Crippen LogP contribution in [0.25, 0.3) is 0 Å². The van der Waals surface area contributed by atoms with Crippen LogP contribution in [0, 0.1) is 11.2 Å². The van der Waals surface area contributed by atoms with Crippen LogP contribution in [0.15, 0.2) is 24.3 Å². The first kappa shape index (κ1) is 16.0. The number of likely N-dealkylation sites (tertiary alicyclic amines) is 1. The van der Waals surface area contributed by atoms with Crippen LogP contribution in [0.5, 0.6) is 0 Å². The highest BCUT2D eigenvalue weighted by molar-refractivity contribution is 5.28. The molecule has 0 N–H and O–H groups in total. The predicted octanol–water partition coefficient (Wildman–Crippen LogP) is 5.15. The molecular formula is C20H30FN. The molecule has 0 aromatic heterocycles. The van der Waals surface area contributed by atoms with Gasteiger partial charge in [0.15, 0.2) is 0 Å². The van der Waals surface area contributed by atoms with Crippen molar-refractivity contribution in [1.82, 2.24) is 4.90 Å². The van der Waals surface area contributed by atoms with Crippen molar-refractivity contribution in [3.8, 4) is 0 Å². The molecule has 0 bridgehead atoms. The zero-order valence-electron chi connectivity index (χ0n) is 14.2. The van der Waals surface area contributed by atoms with Crippen molar-refractivity contribution in [2.75, 3.05) is 19.6 Å². The van der Waals surface area contributed by atoms with E-state index in [0.717, 1.165) is 0 Å². The number of hydrogen-bond acceptors (Lipinski definition) is 1. The lowest BCUT2D eigenvalue weighted by Crippen LogP contribution is -2.42. The molecule has 0 unspecified atom stereocenters. The van der Waals surface area contributed by atoms with E-state index in [9.17, 15) is 4.39 Å². The Morgan fingerprint density at radius 3 is 2.14 bits per heavy atom. The summed E-state index contributed by atoms with van der Waals surface area (Å²) in [5, 5.41) is 0. The van der Waals surface area contributed by atoms with Crippen LogP contribution in [-0.4, -0.2) is 24.5 Å². The fraction of sp³-hybridized carbons (Fsp3) is 0.700. The van der Waals surface area contributed by atoms with Gasteiger partial charge in [0.05, 0.1) is 0 Å². The second-order valence-corrected chi connectivity index (χ2v) is 7.92. The van der Waals surface area contributed by atoms with Crippen molar-refractivity contribution >= 4 is 0 Å². The maximum absolute atomic E-state index is 13.3. The molecule has 2 heteroatoms. The Morgan fingerprint density at radius 1 is 1.00 bits per heavy atom. The first-order valence-corrected chi connectivity index (χ1v) is 9.04. The average Bonchev–Trinajstić information content (AvgIpc) is 2.98. The van der Waals surface area contributed by atoms with Gasteiger partial charge in [-0.25, -0.2) is 4.39 Å². The molecule has 1 aliphatic carbocycles. The lowest BCUT2D eigenvalue weighted by atomic mass is 9.64. The Balaban J connectivity index is 1.78. The molecule has 0 spiro atoms. The normalized spacial score (nSPS) is 24.5. The Kier molecular flexibility index (Phi) is 4.59. The zero-order valence-corrected chi connectivity index (χ0v) is 14.2. The van der Waals surface area contributed by atoms with E-state index < -0.39 is 0 Å². The number of rotatable bonds is 4. The van der Waals surface area contributed by atoms with Gasteiger partial charge in [-0.3, -0.25) is 0 Å². The standard InChI is InChI=1S/C20H30FN/c1-3-22-14-12-19(2,13-15-22)16-20(10-4-5-11-20)17-6-8-18(21)9-7-17/h6-9H,3-5,10-16H2,1-2H3. The van der Waals surface area contributed by atoms with Crippen LogP contribution in [0.1, 0.15) is 64.4 Å². The van der Waals surface area contributed by atoms with E-state index in [1.807, 2.05) is 12.1 Å². The third kappa shape index (κ3) is 3.22. The Labute approximate surface area is 134 Å². The van der Waals surface area contributed by atoms with Crippen LogP contribution in [0.4, 0.5) is 4.39 Å². The molecule has 1 nitrogen and oxygen atoms in total. The smallest absolute Gasteiger partial charge is 0.123 e. The van der Waals surface area contributed by atoms with Crippen LogP contribution in [0.2, 0.25) is 0 Å². The summed E-state index contributed by atoms with van der Waals surface area (Å²) < 4.78 is 13.3. The predicted molar refractivity (Wildman–Crippen MR) is 90.6 cm³/mol. The van der Waals surface area contributed by atoms with Crippen molar-refractivity contribution in [3.05, 3.63) is 35.6 Å². The third-order valence-electron chi connectivity index (χ3n) is 6.29. The van der Waals surface area contributed by atoms with E-state index in [1.54, 1.807) is 12.1 Å². The maximum Gasteiger partial charge on any atom is 0.123 e. The maximum atomic E-state index is 13.3. The van der Waals surface area contributed by atoms with Crippen LogP contribution in [-0.2, 0) is 5.41 Å². The molecule has 0 atom stereocenters. The van der Waals surface area contributed by atoms with E-state index in [0.29, 0.717) is 10.8 Å². The molecule has 2 aliphatic rings. The number of hydrogen-bond donors (Lipinski definition) is 0. The molecule has 1 saturated carbocycles. The third-order valence-corrected chi connectivity index (χ3v) is 6.29. The molecule has 1 saturated heterocycles. The van der Waals surface area contributed by atoms with E-state index in [-0.39, 0.29) is 5.82 Å². The van der Waals surface area contributed by atoms with Gasteiger partial charge >= 0.3 is 0 Å². The molecule has 0 radical (unpaired) electrons. The molecule has 22 heavy (non-hydrogen) atoms. The summed E-state index contributed by atoms with van der Waals surface area (Å²) in [6.07, 6.45) is 9.12. The first-order valence-electron chi connectivity index (χ1n) is 9.04. The van der Waals surface area contributed by atoms with E-state index in [1.165, 1.54) is 70.1 Å². The van der Waals surface area contributed by atoms with Gasteiger partial charge in [0, 0.05) is 0 Å². The van der Waals surface area contributed by atoms with E-state index in [2.05, 4.69) is 18.7 Å². The Morgan fingerprint density at radius 2 is 1.59 bits per heavy atom. The Hall–Kier alpha value is -0.890. The van der Waals surface area contributed by atoms with Gasteiger partial charge in [0.2, 0.25) is 0 Å². The molecule has 1 aliphatic heterocycles. The first-order chi connectivity index (χ1) is 10.6. The van der Waals surface area contributed by atoms with Gasteiger partial charge < -0.3 is 4.90 Å². The summed E-state index contributed by atoms with van der Waals surface area (Å²) in [4.78, 5) is 2.57. The van der Waals surface area contributed by atoms with Crippen LogP contribution < -0.4 is 0 Å². The van der Waals surface area contributed by atoms with Crippen molar-refractivity contribution in [2.45, 2.75) is 64.2 Å². The highest BCUT2D eigenvalue weighted by Gasteiger charge is 2.42. The molecule has 1 aromatic carbocycles. The minimum atomic E-state index is -0.112. The second-order valence-electron chi connectivity index (χ2n) is 7.92. The minimum Gasteiger partial charge on any atom is -0.304 e. The minimum absolute atomic E-state index is 0.112. The summed E-state index contributed by atoms with van der Waals surface area (Å²) in [5.74, 6) is -0.112. The van der Waals surface area contributed by atoms with Crippen LogP contribution in [0.3, 0.4) is 0 Å². The highest BCUT2D eigenvalue weighted by atomic mass is 19.1. The summed E-state index contributed by atoms with van der Waals surface area (Å²) in [5.41, 5.74) is 2.13. The number of nitrogens with zero attached hydrogens (tertiary/aromatic N) is 1. The molecule has 1 aromatic rings. The van der Waals surface area contributed by atoms with Gasteiger partial charge in [0.1, 0.15) is 5.82 Å². The summed E-state index contributed by atoms with van der Waals surface area (Å²) in [6, 6.07) is 7.39. The van der Waals surface area contributed by atoms with Crippen LogP contribution >= 0.6 is 0 Å². The number of benzene rings is 1. The summed E-state index contributed by atoms with van der Waals surface area (Å²) in [6.45, 7) is 8.42. The second kappa shape index (κ2) is 6.31. The molecule has 0 amide bonds. The van der Waals surface area contributed by atoms with Gasteiger partial charge in [0.25, 0.3) is 0 Å². The molecule has 1 heterocycles. The van der Waals surface area contributed by atoms with Crippen molar-refractivity contribution in [1.29, 1.82) is 0 Å². The molecular weight excluding hydrogens is 273 g/mol. The fourth-order valence-electron chi connectivity index (χ4n) is 4.83. The van der Waals surface area contributed by atoms with Crippen molar-refractivity contribution < 1.29 is 4.39 Å². The monoisotopic (exact) mass is 303 g/mol. The van der Waals surface area contributed by atoms with Gasteiger partial charge in [-0.2, -0.15) is 0 Å². The SMILES string of the molecule is CCN1CCC(C)(CC2(c3ccc(F)cc3)CCCC2)CC1. The van der Waals surface area contributed by atoms with Crippen molar-refractivity contribution in [3.63, 3.8) is 0 Å². The molecule has 2 fully saturated rings. The van der Waals surface area contributed by atoms with Crippen molar-refractivity contribution in [2.24, 2.45) is 5.41 Å². The summed E-state index contributed by atoms with van der Waals surface area (Å²) >= 11 is 0. The fourth-order valence-corrected chi connectivity index (χ4v) is 4.83. The highest BCUT2D eigenvalue weighted by Crippen LogP contribution is 2.51. The van der Waals surface area contributed by atoms with Gasteiger partial charge in [-0.05, 0) is 80.3 Å². The molecule has 3 rings (SSSR count). The quantitative estimate of drug-likeness (QED) is 0.743. The molecule has 122 valence electrons. The summed E-state index contributed by atoms with van der Waals surface area (Å²) in [7, 11) is 0. The lowest BCUT2D eigenvalue weighted by molar-refractivity contribution is 0.0888. The topological polar surface area (TPSA) is 3.24 Å². The largest absolute Gasteiger partial charge is 0.304 e. The number of piperidine rings is 1. The van der Waals surface area contributed by atoms with Gasteiger partial charge in [-0.1, -0.05) is 38.8 Å². The Bertz CT molecular complexity index is 479. The number of halogens is 1. The van der Waals surface area contributed by atoms with E-state index in [4.69, 9.17) is 0 Å². The zero-order chi connectivity index (χ0) is 15.6. The van der Waals surface area contributed by atoms with Gasteiger partial charge in [-0.15, -0.1) is 0 Å². The van der Waals surface area contributed by atoms with E-state index >= 15 is 0 Å². The lowest BCUT2D eigenvalue weighted by Gasteiger charge is -2.45. The average molecular weight is 303 g/mol.